The zero-order valence-electron chi connectivity index (χ0n) is 13.2. The van der Waals surface area contributed by atoms with Crippen LogP contribution in [-0.4, -0.2) is 30.4 Å². The van der Waals surface area contributed by atoms with E-state index in [-0.39, 0.29) is 5.56 Å². The third-order valence-electron chi connectivity index (χ3n) is 3.84. The van der Waals surface area contributed by atoms with E-state index in [1.807, 2.05) is 37.7 Å². The fourth-order valence-corrected chi connectivity index (χ4v) is 3.13. The molecule has 0 amide bonds. The van der Waals surface area contributed by atoms with Gasteiger partial charge in [0.1, 0.15) is 5.15 Å². The van der Waals surface area contributed by atoms with E-state index < -0.39 is 5.54 Å². The van der Waals surface area contributed by atoms with Crippen LogP contribution < -0.4 is 5.56 Å². The van der Waals surface area contributed by atoms with E-state index in [2.05, 4.69) is 15.1 Å². The van der Waals surface area contributed by atoms with Gasteiger partial charge in [-0.15, -0.1) is 5.10 Å². The first-order valence-corrected chi connectivity index (χ1v) is 8.61. The predicted molar refractivity (Wildman–Crippen MR) is 91.4 cm³/mol. The van der Waals surface area contributed by atoms with Crippen LogP contribution in [-0.2, 0) is 5.54 Å². The topological polar surface area (TPSA) is 65.1 Å². The lowest BCUT2D eigenvalue weighted by molar-refractivity contribution is 0.427. The van der Waals surface area contributed by atoms with E-state index in [4.69, 9.17) is 11.6 Å². The van der Waals surface area contributed by atoms with Crippen molar-refractivity contribution in [1.29, 1.82) is 0 Å². The van der Waals surface area contributed by atoms with Crippen LogP contribution in [0, 0.1) is 6.92 Å². The summed E-state index contributed by atoms with van der Waals surface area (Å²) in [6.07, 6.45) is 3.62. The van der Waals surface area contributed by atoms with Crippen molar-refractivity contribution < 1.29 is 0 Å². The van der Waals surface area contributed by atoms with Crippen molar-refractivity contribution in [2.75, 3.05) is 6.26 Å². The highest BCUT2D eigenvalue weighted by atomic mass is 35.5. The first-order chi connectivity index (χ1) is 10.8. The summed E-state index contributed by atoms with van der Waals surface area (Å²) in [5, 5.41) is 5.26. The lowest BCUT2D eigenvalue weighted by Crippen LogP contribution is -2.33. The van der Waals surface area contributed by atoms with E-state index >= 15 is 0 Å². The fourth-order valence-electron chi connectivity index (χ4n) is 2.68. The Morgan fingerprint density at radius 1 is 1.30 bits per heavy atom. The van der Waals surface area contributed by atoms with Crippen molar-refractivity contribution in [3.05, 3.63) is 51.2 Å². The largest absolute Gasteiger partial charge is 0.304 e. The minimum atomic E-state index is -0.473. The number of rotatable bonds is 3. The van der Waals surface area contributed by atoms with Crippen LogP contribution in [0.1, 0.15) is 25.1 Å². The summed E-state index contributed by atoms with van der Waals surface area (Å²) >= 11 is 7.29. The Morgan fingerprint density at radius 2 is 2.04 bits per heavy atom. The lowest BCUT2D eigenvalue weighted by Gasteiger charge is -2.30. The molecule has 3 aromatic rings. The number of aromatic nitrogens is 5. The number of aryl methyl sites for hydroxylation is 1. The van der Waals surface area contributed by atoms with Crippen molar-refractivity contribution in [2.45, 2.75) is 31.5 Å². The molecule has 0 aromatic carbocycles. The van der Waals surface area contributed by atoms with Gasteiger partial charge in [0, 0.05) is 18.0 Å². The summed E-state index contributed by atoms with van der Waals surface area (Å²) in [4.78, 5) is 20.9. The highest BCUT2D eigenvalue weighted by Gasteiger charge is 2.28. The van der Waals surface area contributed by atoms with Crippen LogP contribution in [0.15, 0.2) is 34.3 Å². The molecule has 0 saturated heterocycles. The molecule has 120 valence electrons. The average Bonchev–Trinajstić information content (AvgIpc) is 2.91. The molecule has 3 aromatic heterocycles. The molecule has 3 heterocycles. The van der Waals surface area contributed by atoms with Gasteiger partial charge in [0.25, 0.3) is 5.56 Å². The molecule has 0 bridgehead atoms. The van der Waals surface area contributed by atoms with Crippen LogP contribution in [0.5, 0.6) is 0 Å². The van der Waals surface area contributed by atoms with E-state index in [9.17, 15) is 4.79 Å². The monoisotopic (exact) mass is 349 g/mol. The maximum atomic E-state index is 12.2. The SMILES string of the molecule is CSc1nc2n(C(C)(C)c3ccc(Cl)nc3)c(C)cc(=O)n2n1. The van der Waals surface area contributed by atoms with Gasteiger partial charge in [-0.1, -0.05) is 29.4 Å². The second-order valence-electron chi connectivity index (χ2n) is 5.70. The van der Waals surface area contributed by atoms with E-state index in [1.54, 1.807) is 18.3 Å². The quantitative estimate of drug-likeness (QED) is 0.537. The Balaban J connectivity index is 2.31. The van der Waals surface area contributed by atoms with Gasteiger partial charge in [-0.2, -0.15) is 9.50 Å². The molecular formula is C15H16ClN5OS. The number of thioether (sulfide) groups is 1. The van der Waals surface area contributed by atoms with E-state index in [1.165, 1.54) is 16.3 Å². The van der Waals surface area contributed by atoms with Crippen LogP contribution >= 0.6 is 23.4 Å². The van der Waals surface area contributed by atoms with Gasteiger partial charge in [-0.3, -0.25) is 4.79 Å². The highest BCUT2D eigenvalue weighted by Crippen LogP contribution is 2.28. The highest BCUT2D eigenvalue weighted by molar-refractivity contribution is 7.98. The molecule has 8 heteroatoms. The van der Waals surface area contributed by atoms with Gasteiger partial charge in [-0.25, -0.2) is 4.98 Å². The standard InChI is InChI=1S/C15H16ClN5OS/c1-9-7-12(22)21-14(18-13(19-21)23-4)20(9)15(2,3)10-5-6-11(16)17-8-10/h5-8H,1-4H3. The van der Waals surface area contributed by atoms with Gasteiger partial charge in [0.05, 0.1) is 5.54 Å². The van der Waals surface area contributed by atoms with Crippen molar-refractivity contribution in [1.82, 2.24) is 24.1 Å². The van der Waals surface area contributed by atoms with Crippen molar-refractivity contribution in [3.63, 3.8) is 0 Å². The van der Waals surface area contributed by atoms with Crippen molar-refractivity contribution in [2.24, 2.45) is 0 Å². The van der Waals surface area contributed by atoms with E-state index in [0.29, 0.717) is 16.1 Å². The fraction of sp³-hybridized carbons (Fsp3) is 0.333. The molecular weight excluding hydrogens is 334 g/mol. The van der Waals surface area contributed by atoms with Gasteiger partial charge < -0.3 is 4.57 Å². The minimum absolute atomic E-state index is 0.188. The third kappa shape index (κ3) is 2.64. The molecule has 0 aliphatic carbocycles. The minimum Gasteiger partial charge on any atom is -0.304 e. The van der Waals surface area contributed by atoms with Crippen LogP contribution in [0.2, 0.25) is 5.15 Å². The molecule has 0 aliphatic heterocycles. The number of halogens is 1. The van der Waals surface area contributed by atoms with Gasteiger partial charge >= 0.3 is 0 Å². The second kappa shape index (κ2) is 5.65. The van der Waals surface area contributed by atoms with Crippen LogP contribution in [0.3, 0.4) is 0 Å². The molecule has 0 spiro atoms. The Morgan fingerprint density at radius 3 is 2.65 bits per heavy atom. The first kappa shape index (κ1) is 16.0. The molecule has 23 heavy (non-hydrogen) atoms. The first-order valence-electron chi connectivity index (χ1n) is 7.00. The second-order valence-corrected chi connectivity index (χ2v) is 6.86. The summed E-state index contributed by atoms with van der Waals surface area (Å²) in [7, 11) is 0. The molecule has 6 nitrogen and oxygen atoms in total. The Hall–Kier alpha value is -1.86. The molecule has 0 unspecified atom stereocenters. The summed E-state index contributed by atoms with van der Waals surface area (Å²) in [5.74, 6) is 0.513. The van der Waals surface area contributed by atoms with Gasteiger partial charge in [-0.05, 0) is 38.7 Å². The molecule has 0 radical (unpaired) electrons. The predicted octanol–water partition coefficient (Wildman–Crippen LogP) is 2.75. The Bertz CT molecular complexity index is 929. The summed E-state index contributed by atoms with van der Waals surface area (Å²) in [6, 6.07) is 5.25. The third-order valence-corrected chi connectivity index (χ3v) is 4.60. The Kier molecular flexibility index (Phi) is 3.93. The lowest BCUT2D eigenvalue weighted by atomic mass is 9.95. The molecule has 0 fully saturated rings. The average molecular weight is 350 g/mol. The Labute approximate surface area is 142 Å². The van der Waals surface area contributed by atoms with Crippen LogP contribution in [0.25, 0.3) is 5.78 Å². The van der Waals surface area contributed by atoms with Gasteiger partial charge in [0.2, 0.25) is 10.9 Å². The molecule has 0 saturated carbocycles. The van der Waals surface area contributed by atoms with Crippen LogP contribution in [0.4, 0.5) is 0 Å². The number of pyridine rings is 1. The van der Waals surface area contributed by atoms with E-state index in [0.717, 1.165) is 11.3 Å². The number of fused-ring (bicyclic) bond motifs is 1. The number of nitrogens with zero attached hydrogens (tertiary/aromatic N) is 5. The maximum absolute atomic E-state index is 12.2. The van der Waals surface area contributed by atoms with Crippen molar-refractivity contribution in [3.8, 4) is 0 Å². The normalized spacial score (nSPS) is 12.0. The molecule has 3 rings (SSSR count). The number of hydrogen-bond donors (Lipinski definition) is 0. The smallest absolute Gasteiger partial charge is 0.275 e. The zero-order chi connectivity index (χ0) is 16.8. The maximum Gasteiger partial charge on any atom is 0.275 e. The summed E-state index contributed by atoms with van der Waals surface area (Å²) < 4.78 is 3.33. The van der Waals surface area contributed by atoms with Crippen molar-refractivity contribution >= 4 is 29.1 Å². The summed E-state index contributed by atoms with van der Waals surface area (Å²) in [5.41, 5.74) is 1.11. The molecule has 0 N–H and O–H groups in total. The number of hydrogen-bond acceptors (Lipinski definition) is 5. The zero-order valence-corrected chi connectivity index (χ0v) is 14.8. The summed E-state index contributed by atoms with van der Waals surface area (Å²) in [6.45, 7) is 5.98. The molecule has 0 aliphatic rings. The molecule has 0 atom stereocenters. The van der Waals surface area contributed by atoms with Gasteiger partial charge in [0.15, 0.2) is 0 Å².